The number of aliphatic hydroxyl groups is 1. The van der Waals surface area contributed by atoms with E-state index in [9.17, 15) is 14.7 Å². The number of allylic oxidation sites excluding steroid dienone is 2. The Balaban J connectivity index is 1.65. The lowest BCUT2D eigenvalue weighted by Gasteiger charge is -2.68. The number of ether oxygens (including phenoxy) is 2. The molecule has 3 saturated carbocycles. The van der Waals surface area contributed by atoms with Gasteiger partial charge in [-0.25, -0.2) is 4.85 Å². The van der Waals surface area contributed by atoms with Crippen LogP contribution in [-0.4, -0.2) is 30.3 Å². The Hall–Kier alpha value is -2.03. The molecule has 0 bridgehead atoms. The van der Waals surface area contributed by atoms with E-state index in [-0.39, 0.29) is 63.2 Å². The van der Waals surface area contributed by atoms with Crippen LogP contribution in [0.3, 0.4) is 0 Å². The van der Waals surface area contributed by atoms with Crippen molar-refractivity contribution in [3.05, 3.63) is 22.9 Å². The highest BCUT2D eigenvalue weighted by Crippen LogP contribution is 2.74. The van der Waals surface area contributed by atoms with Gasteiger partial charge in [-0.3, -0.25) is 9.59 Å². The molecular formula is C32H47NO5. The molecule has 4 fully saturated rings. The van der Waals surface area contributed by atoms with E-state index in [1.54, 1.807) is 0 Å². The highest BCUT2D eigenvalue weighted by molar-refractivity contribution is 5.78. The summed E-state index contributed by atoms with van der Waals surface area (Å²) in [5.74, 6) is 0.00763. The molecule has 1 aliphatic heterocycles. The molecule has 0 unspecified atom stereocenters. The number of hydrogen-bond acceptors (Lipinski definition) is 5. The zero-order chi connectivity index (χ0) is 28.1. The van der Waals surface area contributed by atoms with Gasteiger partial charge in [-0.1, -0.05) is 48.5 Å². The van der Waals surface area contributed by atoms with Crippen molar-refractivity contribution >= 4 is 11.9 Å². The van der Waals surface area contributed by atoms with Crippen molar-refractivity contribution in [3.8, 4) is 0 Å². The fraction of sp³-hybridized carbons (Fsp3) is 0.844. The largest absolute Gasteiger partial charge is 0.523 e. The van der Waals surface area contributed by atoms with Gasteiger partial charge in [0, 0.05) is 23.2 Å². The Kier molecular flexibility index (Phi) is 5.97. The monoisotopic (exact) mass is 525 g/mol. The molecule has 0 aromatic rings. The Morgan fingerprint density at radius 1 is 1.00 bits per heavy atom. The van der Waals surface area contributed by atoms with Gasteiger partial charge in [0.1, 0.15) is 11.9 Å². The number of nitrogens with zero attached hydrogens (tertiary/aromatic N) is 1. The van der Waals surface area contributed by atoms with Gasteiger partial charge in [0.05, 0.1) is 19.1 Å². The number of methoxy groups -OCH3 is 1. The summed E-state index contributed by atoms with van der Waals surface area (Å²) in [5.41, 5.74) is -1.46. The lowest BCUT2D eigenvalue weighted by Crippen LogP contribution is -2.65. The van der Waals surface area contributed by atoms with Crippen molar-refractivity contribution in [1.82, 2.24) is 0 Å². The molecule has 38 heavy (non-hydrogen) atoms. The quantitative estimate of drug-likeness (QED) is 0.288. The first-order valence-corrected chi connectivity index (χ1v) is 14.6. The number of carbonyl (C=O) groups excluding carboxylic acids is 2. The molecule has 0 aromatic heterocycles. The third kappa shape index (κ3) is 3.35. The SMILES string of the molecule is [C-]#[N+]C1=C(O)C(C)(C)[C@@H]2CC[C@]3(C)[C@H](CC(=O)O[C@@H]4[C@@H]5CC(C)(C)CC[C@]5(C(=O)OC)CC[C@]43C)[C@@]2(C)C1. The predicted octanol–water partition coefficient (Wildman–Crippen LogP) is 7.25. The summed E-state index contributed by atoms with van der Waals surface area (Å²) in [5, 5.41) is 11.1. The van der Waals surface area contributed by atoms with E-state index in [0.717, 1.165) is 44.9 Å². The molecule has 0 radical (unpaired) electrons. The van der Waals surface area contributed by atoms with Crippen molar-refractivity contribution in [2.45, 2.75) is 112 Å². The van der Waals surface area contributed by atoms with Crippen LogP contribution in [0.4, 0.5) is 0 Å². The first-order valence-electron chi connectivity index (χ1n) is 14.6. The maximum Gasteiger partial charge on any atom is 0.312 e. The Morgan fingerprint density at radius 2 is 1.66 bits per heavy atom. The minimum atomic E-state index is -0.606. The number of aliphatic hydroxyl groups excluding tert-OH is 1. The second-order valence-corrected chi connectivity index (χ2v) is 15.5. The van der Waals surface area contributed by atoms with Gasteiger partial charge in [-0.15, -0.1) is 0 Å². The van der Waals surface area contributed by atoms with Crippen molar-refractivity contribution in [2.24, 2.45) is 50.2 Å². The van der Waals surface area contributed by atoms with Crippen molar-refractivity contribution in [1.29, 1.82) is 0 Å². The van der Waals surface area contributed by atoms with Gasteiger partial charge in [-0.2, -0.15) is 0 Å². The average molecular weight is 526 g/mol. The third-order valence-electron chi connectivity index (χ3n) is 13.1. The topological polar surface area (TPSA) is 77.2 Å². The summed E-state index contributed by atoms with van der Waals surface area (Å²) in [6, 6.07) is 0. The summed E-state index contributed by atoms with van der Waals surface area (Å²) in [7, 11) is 1.49. The van der Waals surface area contributed by atoms with Crippen LogP contribution in [0, 0.1) is 56.8 Å². The van der Waals surface area contributed by atoms with Crippen LogP contribution in [-0.2, 0) is 19.1 Å². The average Bonchev–Trinajstić information content (AvgIpc) is 2.93. The van der Waals surface area contributed by atoms with E-state index < -0.39 is 10.8 Å². The van der Waals surface area contributed by atoms with Crippen LogP contribution < -0.4 is 0 Å². The molecule has 6 nitrogen and oxygen atoms in total. The first kappa shape index (κ1) is 27.5. The van der Waals surface area contributed by atoms with Gasteiger partial charge >= 0.3 is 11.9 Å². The summed E-state index contributed by atoms with van der Waals surface area (Å²) in [4.78, 5) is 31.0. The van der Waals surface area contributed by atoms with E-state index in [1.807, 2.05) is 0 Å². The number of carbonyl (C=O) groups is 2. The molecule has 5 rings (SSSR count). The number of esters is 2. The number of fused-ring (bicyclic) bond motifs is 7. The zero-order valence-corrected chi connectivity index (χ0v) is 24.7. The maximum absolute atomic E-state index is 13.8. The van der Waals surface area contributed by atoms with Crippen molar-refractivity contribution < 1.29 is 24.2 Å². The second-order valence-electron chi connectivity index (χ2n) is 15.5. The van der Waals surface area contributed by atoms with E-state index in [2.05, 4.69) is 53.3 Å². The molecule has 0 amide bonds. The molecule has 0 aromatic carbocycles. The van der Waals surface area contributed by atoms with Gasteiger partial charge in [-0.05, 0) is 79.4 Å². The summed E-state index contributed by atoms with van der Waals surface area (Å²) in [6.45, 7) is 23.5. The van der Waals surface area contributed by atoms with Gasteiger partial charge in [0.2, 0.25) is 5.70 Å². The van der Waals surface area contributed by atoms with Gasteiger partial charge in [0.15, 0.2) is 0 Å². The minimum absolute atomic E-state index is 0.0163. The summed E-state index contributed by atoms with van der Waals surface area (Å²) in [6.07, 6.45) is 6.46. The predicted molar refractivity (Wildman–Crippen MR) is 144 cm³/mol. The molecule has 210 valence electrons. The van der Waals surface area contributed by atoms with Gasteiger partial charge < -0.3 is 14.6 Å². The third-order valence-corrected chi connectivity index (χ3v) is 13.1. The molecule has 1 saturated heterocycles. The lowest BCUT2D eigenvalue weighted by atomic mass is 9.36. The number of hydrogen-bond donors (Lipinski definition) is 1. The molecule has 6 heteroatoms. The normalized spacial score (nSPS) is 47.2. The second kappa shape index (κ2) is 8.24. The highest BCUT2D eigenvalue weighted by Gasteiger charge is 2.72. The van der Waals surface area contributed by atoms with E-state index >= 15 is 0 Å². The van der Waals surface area contributed by atoms with E-state index in [1.165, 1.54) is 7.11 Å². The van der Waals surface area contributed by atoms with Crippen LogP contribution in [0.15, 0.2) is 11.5 Å². The van der Waals surface area contributed by atoms with Crippen LogP contribution >= 0.6 is 0 Å². The van der Waals surface area contributed by atoms with Gasteiger partial charge in [0.25, 0.3) is 0 Å². The molecule has 5 aliphatic rings. The fourth-order valence-electron chi connectivity index (χ4n) is 10.7. The standard InChI is InChI=1S/C32H47NO5/c1-27(2)12-14-32(26(36)37-9)15-13-31(7)25(19(32)17-27)38-23(34)16-22-29(5)18-20(33-8)24(35)28(3,4)21(29)10-11-30(22,31)6/h19,21-22,25,35H,10-18H2,1-7,9H3/t19-,21-,22+,25+,29-,30+,31+,32-/m0/s1. The van der Waals surface area contributed by atoms with Crippen LogP contribution in [0.1, 0.15) is 106 Å². The van der Waals surface area contributed by atoms with E-state index in [0.29, 0.717) is 18.5 Å². The lowest BCUT2D eigenvalue weighted by molar-refractivity contribution is -0.228. The van der Waals surface area contributed by atoms with Crippen molar-refractivity contribution in [2.75, 3.05) is 7.11 Å². The minimum Gasteiger partial charge on any atom is -0.523 e. The zero-order valence-electron chi connectivity index (χ0n) is 24.7. The van der Waals surface area contributed by atoms with Crippen LogP contribution in [0.25, 0.3) is 4.85 Å². The molecule has 1 N–H and O–H groups in total. The molecule has 4 aliphatic carbocycles. The highest BCUT2D eigenvalue weighted by atomic mass is 16.5. The molecule has 1 heterocycles. The van der Waals surface area contributed by atoms with Crippen molar-refractivity contribution in [3.63, 3.8) is 0 Å². The van der Waals surface area contributed by atoms with E-state index in [4.69, 9.17) is 16.0 Å². The molecule has 8 atom stereocenters. The maximum atomic E-state index is 13.8. The smallest absolute Gasteiger partial charge is 0.312 e. The Bertz CT molecular complexity index is 1130. The van der Waals surface area contributed by atoms with Crippen LogP contribution in [0.2, 0.25) is 0 Å². The fourth-order valence-corrected chi connectivity index (χ4v) is 10.7. The summed E-state index contributed by atoms with van der Waals surface area (Å²) < 4.78 is 12.0. The number of rotatable bonds is 1. The molecule has 0 spiro atoms. The first-order chi connectivity index (χ1) is 17.5. The summed E-state index contributed by atoms with van der Waals surface area (Å²) >= 11 is 0. The Labute approximate surface area is 228 Å². The Morgan fingerprint density at radius 3 is 2.29 bits per heavy atom. The van der Waals surface area contributed by atoms with Crippen LogP contribution in [0.5, 0.6) is 0 Å². The molecular weight excluding hydrogens is 478 g/mol.